The van der Waals surface area contributed by atoms with Gasteiger partial charge in [-0.25, -0.2) is 0 Å². The second-order valence-electron chi connectivity index (χ2n) is 6.36. The van der Waals surface area contributed by atoms with Crippen LogP contribution in [0.3, 0.4) is 0 Å². The van der Waals surface area contributed by atoms with Gasteiger partial charge in [0.25, 0.3) is 0 Å². The molecular weight excluding hydrogens is 342 g/mol. The van der Waals surface area contributed by atoms with Crippen molar-refractivity contribution in [3.8, 4) is 11.6 Å². The van der Waals surface area contributed by atoms with Crippen molar-refractivity contribution in [2.24, 2.45) is 0 Å². The number of hydrogen-bond donors (Lipinski definition) is 1. The van der Waals surface area contributed by atoms with E-state index < -0.39 is 0 Å². The number of amides is 1. The number of benzene rings is 1. The van der Waals surface area contributed by atoms with Gasteiger partial charge in [0.15, 0.2) is 5.82 Å². The Bertz CT molecular complexity index is 965. The standard InChI is InChI=1S/C21H23N3O3/c1-14-11-18(16(3)24(14)20-12-15(2)27-23-20)7-10-21(25)22-13-17-5-8-19(26-4)9-6-17/h5-12H,13H2,1-4H3,(H,22,25)/b10-7+. The van der Waals surface area contributed by atoms with Gasteiger partial charge in [0.05, 0.1) is 7.11 Å². The number of aryl methyl sites for hydroxylation is 2. The quantitative estimate of drug-likeness (QED) is 0.676. The summed E-state index contributed by atoms with van der Waals surface area (Å²) in [6, 6.07) is 11.5. The highest BCUT2D eigenvalue weighted by Crippen LogP contribution is 2.21. The van der Waals surface area contributed by atoms with Crippen LogP contribution in [0.2, 0.25) is 0 Å². The topological polar surface area (TPSA) is 69.3 Å². The van der Waals surface area contributed by atoms with Crippen LogP contribution in [0.5, 0.6) is 5.75 Å². The zero-order chi connectivity index (χ0) is 19.4. The maximum absolute atomic E-state index is 12.1. The highest BCUT2D eigenvalue weighted by Gasteiger charge is 2.12. The Hall–Kier alpha value is -3.28. The highest BCUT2D eigenvalue weighted by atomic mass is 16.5. The summed E-state index contributed by atoms with van der Waals surface area (Å²) in [5.41, 5.74) is 4.00. The molecule has 0 bridgehead atoms. The molecule has 27 heavy (non-hydrogen) atoms. The monoisotopic (exact) mass is 365 g/mol. The van der Waals surface area contributed by atoms with Crippen LogP contribution >= 0.6 is 0 Å². The largest absolute Gasteiger partial charge is 0.497 e. The molecule has 0 aliphatic carbocycles. The SMILES string of the molecule is COc1ccc(CNC(=O)/C=C/c2cc(C)n(-c3cc(C)on3)c2C)cc1. The predicted molar refractivity (Wildman–Crippen MR) is 104 cm³/mol. The molecule has 1 aromatic carbocycles. The molecule has 1 amide bonds. The molecule has 2 heterocycles. The first kappa shape index (κ1) is 18.5. The second-order valence-corrected chi connectivity index (χ2v) is 6.36. The lowest BCUT2D eigenvalue weighted by molar-refractivity contribution is -0.116. The minimum Gasteiger partial charge on any atom is -0.497 e. The van der Waals surface area contributed by atoms with E-state index in [4.69, 9.17) is 9.26 Å². The summed E-state index contributed by atoms with van der Waals surface area (Å²) in [5.74, 6) is 2.15. The van der Waals surface area contributed by atoms with Gasteiger partial charge in [-0.2, -0.15) is 0 Å². The van der Waals surface area contributed by atoms with Crippen molar-refractivity contribution >= 4 is 12.0 Å². The van der Waals surface area contributed by atoms with Gasteiger partial charge in [-0.15, -0.1) is 0 Å². The summed E-state index contributed by atoms with van der Waals surface area (Å²) >= 11 is 0. The summed E-state index contributed by atoms with van der Waals surface area (Å²) in [4.78, 5) is 12.1. The first-order chi connectivity index (χ1) is 13.0. The van der Waals surface area contributed by atoms with Gasteiger partial charge < -0.3 is 14.6 Å². The molecule has 0 aliphatic rings. The average molecular weight is 365 g/mol. The Kier molecular flexibility index (Phi) is 5.45. The molecule has 0 saturated carbocycles. The lowest BCUT2D eigenvalue weighted by Crippen LogP contribution is -2.20. The van der Waals surface area contributed by atoms with Crippen molar-refractivity contribution in [1.29, 1.82) is 0 Å². The smallest absolute Gasteiger partial charge is 0.244 e. The fraction of sp³-hybridized carbons (Fsp3) is 0.238. The van der Waals surface area contributed by atoms with Gasteiger partial charge >= 0.3 is 0 Å². The molecule has 0 atom stereocenters. The minimum atomic E-state index is -0.145. The van der Waals surface area contributed by atoms with E-state index in [1.807, 2.05) is 67.8 Å². The third-order valence-corrected chi connectivity index (χ3v) is 4.35. The summed E-state index contributed by atoms with van der Waals surface area (Å²) in [6.45, 7) is 6.31. The normalized spacial score (nSPS) is 11.1. The Labute approximate surface area is 158 Å². The number of methoxy groups -OCH3 is 1. The predicted octanol–water partition coefficient (Wildman–Crippen LogP) is 3.73. The molecule has 0 fully saturated rings. The summed E-state index contributed by atoms with van der Waals surface area (Å²) in [5, 5.41) is 6.95. The molecule has 0 saturated heterocycles. The van der Waals surface area contributed by atoms with E-state index in [9.17, 15) is 4.79 Å². The fourth-order valence-corrected chi connectivity index (χ4v) is 2.92. The van der Waals surface area contributed by atoms with Crippen LogP contribution in [-0.4, -0.2) is 22.7 Å². The zero-order valence-corrected chi connectivity index (χ0v) is 15.9. The molecule has 3 rings (SSSR count). The van der Waals surface area contributed by atoms with E-state index in [0.29, 0.717) is 6.54 Å². The fourth-order valence-electron chi connectivity index (χ4n) is 2.92. The van der Waals surface area contributed by atoms with Crippen molar-refractivity contribution in [2.75, 3.05) is 7.11 Å². The number of aromatic nitrogens is 2. The van der Waals surface area contributed by atoms with Crippen molar-refractivity contribution < 1.29 is 14.1 Å². The molecule has 140 valence electrons. The third-order valence-electron chi connectivity index (χ3n) is 4.35. The number of nitrogens with one attached hydrogen (secondary N) is 1. The lowest BCUT2D eigenvalue weighted by Gasteiger charge is -2.05. The molecule has 0 aliphatic heterocycles. The van der Waals surface area contributed by atoms with E-state index in [1.54, 1.807) is 13.2 Å². The number of hydrogen-bond acceptors (Lipinski definition) is 4. The zero-order valence-electron chi connectivity index (χ0n) is 15.9. The molecule has 0 unspecified atom stereocenters. The number of ether oxygens (including phenoxy) is 1. The van der Waals surface area contributed by atoms with E-state index in [1.165, 1.54) is 0 Å². The van der Waals surface area contributed by atoms with Gasteiger partial charge in [0, 0.05) is 30.1 Å². The first-order valence-electron chi connectivity index (χ1n) is 8.69. The average Bonchev–Trinajstić information content (AvgIpc) is 3.21. The summed E-state index contributed by atoms with van der Waals surface area (Å²) in [6.07, 6.45) is 3.36. The minimum absolute atomic E-state index is 0.145. The van der Waals surface area contributed by atoms with Gasteiger partial charge in [-0.3, -0.25) is 9.36 Å². The van der Waals surface area contributed by atoms with Crippen LogP contribution in [0.1, 0.15) is 28.3 Å². The van der Waals surface area contributed by atoms with Crippen molar-refractivity contribution in [3.63, 3.8) is 0 Å². The van der Waals surface area contributed by atoms with Crippen LogP contribution < -0.4 is 10.1 Å². The Morgan fingerprint density at radius 3 is 2.59 bits per heavy atom. The number of carbonyl (C=O) groups is 1. The molecule has 0 spiro atoms. The molecule has 2 aromatic heterocycles. The Morgan fingerprint density at radius 2 is 1.96 bits per heavy atom. The van der Waals surface area contributed by atoms with Crippen LogP contribution in [-0.2, 0) is 11.3 Å². The molecule has 0 radical (unpaired) electrons. The van der Waals surface area contributed by atoms with Crippen LogP contribution in [0, 0.1) is 20.8 Å². The summed E-state index contributed by atoms with van der Waals surface area (Å²) in [7, 11) is 1.63. The lowest BCUT2D eigenvalue weighted by atomic mass is 10.2. The number of carbonyl (C=O) groups excluding carboxylic acids is 1. The van der Waals surface area contributed by atoms with E-state index >= 15 is 0 Å². The van der Waals surface area contributed by atoms with E-state index in [-0.39, 0.29) is 5.91 Å². The molecular formula is C21H23N3O3. The molecule has 3 aromatic rings. The van der Waals surface area contributed by atoms with Crippen molar-refractivity contribution in [3.05, 3.63) is 70.7 Å². The number of rotatable bonds is 6. The molecule has 1 N–H and O–H groups in total. The van der Waals surface area contributed by atoms with Gasteiger partial charge in [-0.05, 0) is 56.2 Å². The first-order valence-corrected chi connectivity index (χ1v) is 8.69. The van der Waals surface area contributed by atoms with Crippen LogP contribution in [0.15, 0.2) is 47.0 Å². The van der Waals surface area contributed by atoms with Crippen LogP contribution in [0.4, 0.5) is 0 Å². The van der Waals surface area contributed by atoms with Crippen molar-refractivity contribution in [1.82, 2.24) is 15.0 Å². The van der Waals surface area contributed by atoms with Gasteiger partial charge in [0.2, 0.25) is 5.91 Å². The second kappa shape index (κ2) is 7.95. The van der Waals surface area contributed by atoms with Crippen LogP contribution in [0.25, 0.3) is 11.9 Å². The Morgan fingerprint density at radius 1 is 1.22 bits per heavy atom. The Balaban J connectivity index is 1.65. The van der Waals surface area contributed by atoms with E-state index in [0.717, 1.165) is 39.8 Å². The number of nitrogens with zero attached hydrogens (tertiary/aromatic N) is 2. The molecule has 6 nitrogen and oxygen atoms in total. The van der Waals surface area contributed by atoms with Crippen molar-refractivity contribution in [2.45, 2.75) is 27.3 Å². The summed E-state index contributed by atoms with van der Waals surface area (Å²) < 4.78 is 12.3. The maximum atomic E-state index is 12.1. The van der Waals surface area contributed by atoms with Gasteiger partial charge in [0.1, 0.15) is 11.5 Å². The van der Waals surface area contributed by atoms with Gasteiger partial charge in [-0.1, -0.05) is 17.3 Å². The van der Waals surface area contributed by atoms with E-state index in [2.05, 4.69) is 10.5 Å². The maximum Gasteiger partial charge on any atom is 0.244 e. The molecule has 6 heteroatoms. The third kappa shape index (κ3) is 4.28. The highest BCUT2D eigenvalue weighted by molar-refractivity contribution is 5.91.